The second-order valence-corrected chi connectivity index (χ2v) is 5.33. The number of halogens is 1. The average Bonchev–Trinajstić information content (AvgIpc) is 3.11. The van der Waals surface area contributed by atoms with Gasteiger partial charge in [-0.15, -0.1) is 0 Å². The molecule has 2 heterocycles. The van der Waals surface area contributed by atoms with E-state index < -0.39 is 0 Å². The second-order valence-electron chi connectivity index (χ2n) is 4.89. The fourth-order valence-corrected chi connectivity index (χ4v) is 2.30. The summed E-state index contributed by atoms with van der Waals surface area (Å²) in [5.41, 5.74) is 1.91. The van der Waals surface area contributed by atoms with Crippen molar-refractivity contribution in [1.29, 1.82) is 0 Å². The minimum absolute atomic E-state index is 0.160. The van der Waals surface area contributed by atoms with E-state index in [0.29, 0.717) is 27.0 Å². The predicted octanol–water partition coefficient (Wildman–Crippen LogP) is 3.46. The van der Waals surface area contributed by atoms with Gasteiger partial charge in [0.15, 0.2) is 11.2 Å². The molecular weight excluding hydrogens is 320 g/mol. The topological polar surface area (TPSA) is 92.0 Å². The fraction of sp³-hybridized carbons (Fsp3) is 0.125. The number of hydrogen-bond donors (Lipinski definition) is 2. The van der Waals surface area contributed by atoms with Gasteiger partial charge in [0.25, 0.3) is 11.1 Å². The maximum absolute atomic E-state index is 11.0. The Kier molecular flexibility index (Phi) is 4.08. The van der Waals surface area contributed by atoms with Gasteiger partial charge in [-0.3, -0.25) is 9.59 Å². The fourth-order valence-electron chi connectivity index (χ4n) is 2.14. The lowest BCUT2D eigenvalue weighted by Gasteiger charge is -1.92. The Morgan fingerprint density at radius 2 is 1.48 bits per heavy atom. The van der Waals surface area contributed by atoms with Crippen molar-refractivity contribution in [3.63, 3.8) is 0 Å². The van der Waals surface area contributed by atoms with E-state index in [1.54, 1.807) is 24.3 Å². The van der Waals surface area contributed by atoms with Gasteiger partial charge in [0, 0.05) is 11.1 Å². The van der Waals surface area contributed by atoms with Crippen LogP contribution in [-0.2, 0) is 6.42 Å². The molecule has 0 saturated heterocycles. The Morgan fingerprint density at radius 1 is 0.913 bits per heavy atom. The maximum atomic E-state index is 11.0. The second kappa shape index (κ2) is 6.18. The molecule has 4 rings (SSSR count). The highest BCUT2D eigenvalue weighted by atomic mass is 35.5. The Hall–Kier alpha value is -2.73. The number of aromatic amines is 2. The molecular formula is C16H13ClN2O4. The van der Waals surface area contributed by atoms with Gasteiger partial charge >= 0.3 is 0 Å². The minimum atomic E-state index is -0.225. The third-order valence-electron chi connectivity index (χ3n) is 3.39. The maximum Gasteiger partial charge on any atom is 0.287 e. The van der Waals surface area contributed by atoms with E-state index >= 15 is 0 Å². The lowest BCUT2D eigenvalue weighted by molar-refractivity contribution is 0.449. The number of nitrogens with one attached hydrogen (secondary N) is 2. The van der Waals surface area contributed by atoms with Crippen LogP contribution < -0.4 is 11.1 Å². The van der Waals surface area contributed by atoms with Crippen molar-refractivity contribution in [3.05, 3.63) is 67.7 Å². The Morgan fingerprint density at radius 3 is 2.09 bits per heavy atom. The highest BCUT2D eigenvalue weighted by Crippen LogP contribution is 2.15. The van der Waals surface area contributed by atoms with Crippen molar-refractivity contribution in [2.24, 2.45) is 0 Å². The first-order valence-electron chi connectivity index (χ1n) is 6.95. The van der Waals surface area contributed by atoms with E-state index in [1.165, 1.54) is 5.56 Å². The molecule has 0 spiro atoms. The highest BCUT2D eigenvalue weighted by Gasteiger charge is 2.02. The lowest BCUT2D eigenvalue weighted by atomic mass is 10.1. The van der Waals surface area contributed by atoms with Gasteiger partial charge in [-0.1, -0.05) is 24.6 Å². The molecule has 0 radical (unpaired) electrons. The molecule has 6 nitrogen and oxygen atoms in total. The van der Waals surface area contributed by atoms with Crippen molar-refractivity contribution >= 4 is 33.5 Å². The van der Waals surface area contributed by atoms with Crippen LogP contribution in [0, 0.1) is 0 Å². The van der Waals surface area contributed by atoms with Gasteiger partial charge in [0.1, 0.15) is 0 Å². The molecule has 2 N–H and O–H groups in total. The molecule has 2 aromatic carbocycles. The molecule has 0 aliphatic carbocycles. The van der Waals surface area contributed by atoms with E-state index in [4.69, 9.17) is 20.6 Å². The van der Waals surface area contributed by atoms with Crippen LogP contribution in [0.3, 0.4) is 0 Å². The van der Waals surface area contributed by atoms with Crippen LogP contribution in [-0.4, -0.2) is 10.3 Å². The molecule has 0 bridgehead atoms. The summed E-state index contributed by atoms with van der Waals surface area (Å²) >= 11 is 5.65. The number of rotatable bonds is 1. The number of H-pyrrole nitrogens is 2. The van der Waals surface area contributed by atoms with E-state index in [1.807, 2.05) is 12.1 Å². The molecule has 23 heavy (non-hydrogen) atoms. The molecule has 0 saturated carbocycles. The van der Waals surface area contributed by atoms with Gasteiger partial charge in [-0.2, -0.15) is 10.3 Å². The van der Waals surface area contributed by atoms with Crippen molar-refractivity contribution in [2.75, 3.05) is 0 Å². The third kappa shape index (κ3) is 3.07. The van der Waals surface area contributed by atoms with Gasteiger partial charge < -0.3 is 9.05 Å². The minimum Gasteiger partial charge on any atom is -0.378 e. The van der Waals surface area contributed by atoms with Crippen LogP contribution in [0.5, 0.6) is 0 Å². The number of fused-ring (bicyclic) bond motifs is 2. The van der Waals surface area contributed by atoms with Crippen LogP contribution in [0.25, 0.3) is 21.9 Å². The molecule has 7 heteroatoms. The summed E-state index contributed by atoms with van der Waals surface area (Å²) in [6.45, 7) is 2.06. The van der Waals surface area contributed by atoms with Crippen LogP contribution in [0.1, 0.15) is 12.5 Å². The molecule has 0 atom stereocenters. The monoisotopic (exact) mass is 332 g/mol. The Balaban J connectivity index is 0.000000136. The quantitative estimate of drug-likeness (QED) is 0.558. The number of aryl methyl sites for hydroxylation is 1. The largest absolute Gasteiger partial charge is 0.378 e. The predicted molar refractivity (Wildman–Crippen MR) is 88.1 cm³/mol. The molecule has 0 aliphatic rings. The zero-order valence-corrected chi connectivity index (χ0v) is 12.9. The van der Waals surface area contributed by atoms with Crippen LogP contribution in [0.2, 0.25) is 5.02 Å². The Bertz CT molecular complexity index is 1070. The van der Waals surface area contributed by atoms with E-state index in [0.717, 1.165) is 6.42 Å². The van der Waals surface area contributed by atoms with Gasteiger partial charge in [0.05, 0.1) is 10.8 Å². The molecule has 0 amide bonds. The molecule has 4 aromatic rings. The zero-order chi connectivity index (χ0) is 16.4. The van der Waals surface area contributed by atoms with Crippen molar-refractivity contribution in [3.8, 4) is 0 Å². The van der Waals surface area contributed by atoms with E-state index in [-0.39, 0.29) is 11.1 Å². The first kappa shape index (κ1) is 15.2. The van der Waals surface area contributed by atoms with Gasteiger partial charge in [-0.25, -0.2) is 0 Å². The number of hydrogen-bond acceptors (Lipinski definition) is 4. The number of benzene rings is 2. The van der Waals surface area contributed by atoms with Crippen LogP contribution in [0.15, 0.2) is 55.0 Å². The SMILES string of the molecule is CCc1ccc2c(=O)[nH]oc2c1.O=c1[nH]oc2cc(Cl)ccc12. The average molecular weight is 333 g/mol. The molecule has 118 valence electrons. The number of aromatic nitrogens is 2. The normalized spacial score (nSPS) is 10.7. The third-order valence-corrected chi connectivity index (χ3v) is 3.63. The zero-order valence-electron chi connectivity index (χ0n) is 12.2. The summed E-state index contributed by atoms with van der Waals surface area (Å²) in [6, 6.07) is 10.5. The smallest absolute Gasteiger partial charge is 0.287 e. The summed E-state index contributed by atoms with van der Waals surface area (Å²) in [5, 5.41) is 6.21. The summed E-state index contributed by atoms with van der Waals surface area (Å²) in [6.07, 6.45) is 0.949. The molecule has 0 fully saturated rings. The molecule has 2 aromatic heterocycles. The Labute approximate surface area is 134 Å². The summed E-state index contributed by atoms with van der Waals surface area (Å²) < 4.78 is 9.76. The van der Waals surface area contributed by atoms with Gasteiger partial charge in [0.2, 0.25) is 0 Å². The summed E-state index contributed by atoms with van der Waals surface area (Å²) in [4.78, 5) is 21.9. The molecule has 0 aliphatic heterocycles. The summed E-state index contributed by atoms with van der Waals surface area (Å²) in [7, 11) is 0. The standard InChI is InChI=1S/C9H9NO2.C7H4ClNO2/c1-2-6-3-4-7-8(5-6)12-10-9(7)11;8-4-1-2-5-6(3-4)11-9-7(5)10/h3-5H,2H2,1H3,(H,10,11);1-3H,(H,9,10). The van der Waals surface area contributed by atoms with E-state index in [9.17, 15) is 9.59 Å². The van der Waals surface area contributed by atoms with Crippen LogP contribution in [0.4, 0.5) is 0 Å². The van der Waals surface area contributed by atoms with Crippen molar-refractivity contribution in [1.82, 2.24) is 10.3 Å². The highest BCUT2D eigenvalue weighted by molar-refractivity contribution is 6.31. The van der Waals surface area contributed by atoms with Crippen molar-refractivity contribution < 1.29 is 9.05 Å². The van der Waals surface area contributed by atoms with E-state index in [2.05, 4.69) is 17.2 Å². The van der Waals surface area contributed by atoms with Crippen LogP contribution >= 0.6 is 11.6 Å². The van der Waals surface area contributed by atoms with Crippen molar-refractivity contribution in [2.45, 2.75) is 13.3 Å². The first-order chi connectivity index (χ1) is 11.1. The first-order valence-corrected chi connectivity index (χ1v) is 7.33. The molecule has 0 unspecified atom stereocenters. The summed E-state index contributed by atoms with van der Waals surface area (Å²) in [5.74, 6) is 0. The van der Waals surface area contributed by atoms with Gasteiger partial charge in [-0.05, 0) is 36.2 Å². The lowest BCUT2D eigenvalue weighted by Crippen LogP contribution is -1.96.